The number of benzene rings is 1. The highest BCUT2D eigenvalue weighted by Crippen LogP contribution is 2.20. The number of Topliss-reactive ketones (excluding diaryl/α,β-unsaturated/α-hetero) is 1. The van der Waals surface area contributed by atoms with E-state index in [2.05, 4.69) is 5.32 Å². The molecule has 0 radical (unpaired) electrons. The van der Waals surface area contributed by atoms with E-state index < -0.39 is 47.6 Å². The highest BCUT2D eigenvalue weighted by atomic mass is 35.5. The molecule has 0 unspecified atom stereocenters. The Hall–Kier alpha value is -3.11. The van der Waals surface area contributed by atoms with Crippen LogP contribution in [0.15, 0.2) is 27.8 Å². The van der Waals surface area contributed by atoms with Gasteiger partial charge in [-0.3, -0.25) is 28.3 Å². The molecule has 1 amide bonds. The quantitative estimate of drug-likeness (QED) is 0.423. The molecule has 3 N–H and O–H groups in total. The van der Waals surface area contributed by atoms with Crippen LogP contribution in [-0.4, -0.2) is 39.9 Å². The fourth-order valence-corrected chi connectivity index (χ4v) is 3.27. The number of rotatable bonds is 8. The van der Waals surface area contributed by atoms with Crippen LogP contribution in [-0.2, 0) is 23.1 Å². The lowest BCUT2D eigenvalue weighted by Crippen LogP contribution is -2.43. The minimum atomic E-state index is -0.928. The summed E-state index contributed by atoms with van der Waals surface area (Å²) in [6.45, 7) is 2.52. The van der Waals surface area contributed by atoms with Crippen molar-refractivity contribution in [2.24, 2.45) is 13.0 Å². The molecule has 0 atom stereocenters. The van der Waals surface area contributed by atoms with Gasteiger partial charge in [-0.05, 0) is 24.1 Å². The average molecular weight is 485 g/mol. The second kappa shape index (κ2) is 10.5. The molecule has 2 aromatic rings. The Morgan fingerprint density at radius 3 is 2.44 bits per heavy atom. The van der Waals surface area contributed by atoms with E-state index in [1.54, 1.807) is 0 Å². The van der Waals surface area contributed by atoms with Gasteiger partial charge in [0, 0.05) is 18.6 Å². The van der Waals surface area contributed by atoms with Crippen LogP contribution in [0.4, 0.5) is 5.82 Å². The third-order valence-corrected chi connectivity index (χ3v) is 4.89. The van der Waals surface area contributed by atoms with Crippen molar-refractivity contribution in [2.45, 2.75) is 20.4 Å². The van der Waals surface area contributed by atoms with E-state index in [0.29, 0.717) is 5.02 Å². The number of nitrogens with zero attached hydrogens (tertiary/aromatic N) is 2. The van der Waals surface area contributed by atoms with Crippen LogP contribution >= 0.6 is 23.2 Å². The van der Waals surface area contributed by atoms with E-state index in [1.807, 2.05) is 13.8 Å². The zero-order chi connectivity index (χ0) is 24.2. The van der Waals surface area contributed by atoms with Crippen molar-refractivity contribution < 1.29 is 19.1 Å². The van der Waals surface area contributed by atoms with Crippen molar-refractivity contribution in [1.82, 2.24) is 14.5 Å². The number of aromatic nitrogens is 2. The molecular formula is C20H22Cl2N4O6. The number of hydrogen-bond donors (Lipinski definition) is 2. The van der Waals surface area contributed by atoms with Crippen molar-refractivity contribution >= 4 is 46.7 Å². The fourth-order valence-electron chi connectivity index (χ4n) is 2.78. The van der Waals surface area contributed by atoms with Crippen LogP contribution in [0.2, 0.25) is 10.0 Å². The van der Waals surface area contributed by atoms with Crippen molar-refractivity contribution in [3.63, 3.8) is 0 Å². The van der Waals surface area contributed by atoms with E-state index in [0.717, 1.165) is 9.13 Å². The van der Waals surface area contributed by atoms with E-state index in [9.17, 15) is 24.0 Å². The Balaban J connectivity index is 2.07. The summed E-state index contributed by atoms with van der Waals surface area (Å²) in [6, 6.07) is 4.22. The van der Waals surface area contributed by atoms with Crippen LogP contribution in [0.5, 0.6) is 0 Å². The highest BCUT2D eigenvalue weighted by Gasteiger charge is 2.23. The van der Waals surface area contributed by atoms with Crippen molar-refractivity contribution in [2.75, 3.05) is 18.9 Å². The number of amides is 1. The lowest BCUT2D eigenvalue weighted by Gasteiger charge is -2.16. The summed E-state index contributed by atoms with van der Waals surface area (Å²) in [6.07, 6.45) is 0. The smallest absolute Gasteiger partial charge is 0.332 e. The van der Waals surface area contributed by atoms with Gasteiger partial charge in [0.1, 0.15) is 17.9 Å². The second-order valence-electron chi connectivity index (χ2n) is 7.30. The largest absolute Gasteiger partial charge is 0.456 e. The number of nitrogens with two attached hydrogens (primary N) is 1. The molecule has 32 heavy (non-hydrogen) atoms. The third-order valence-electron chi connectivity index (χ3n) is 4.34. The molecule has 0 bridgehead atoms. The van der Waals surface area contributed by atoms with Gasteiger partial charge in [-0.1, -0.05) is 37.0 Å². The molecule has 0 aliphatic rings. The summed E-state index contributed by atoms with van der Waals surface area (Å²) in [4.78, 5) is 61.3. The summed E-state index contributed by atoms with van der Waals surface area (Å²) >= 11 is 11.7. The first-order valence-corrected chi connectivity index (χ1v) is 10.2. The number of ether oxygens (including phenoxy) is 1. The molecule has 0 spiro atoms. The Morgan fingerprint density at radius 2 is 1.84 bits per heavy atom. The molecule has 1 aromatic heterocycles. The molecule has 1 heterocycles. The Morgan fingerprint density at radius 1 is 1.19 bits per heavy atom. The monoisotopic (exact) mass is 484 g/mol. The van der Waals surface area contributed by atoms with Gasteiger partial charge in [-0.2, -0.15) is 0 Å². The van der Waals surface area contributed by atoms with E-state index >= 15 is 0 Å². The Labute approximate surface area is 192 Å². The molecular weight excluding hydrogens is 463 g/mol. The lowest BCUT2D eigenvalue weighted by molar-refractivity contribution is -0.141. The number of carbonyl (C=O) groups excluding carboxylic acids is 3. The van der Waals surface area contributed by atoms with Crippen molar-refractivity contribution in [3.8, 4) is 0 Å². The van der Waals surface area contributed by atoms with Crippen molar-refractivity contribution in [1.29, 1.82) is 0 Å². The minimum Gasteiger partial charge on any atom is -0.456 e. The topological polar surface area (TPSA) is 142 Å². The van der Waals surface area contributed by atoms with Gasteiger partial charge in [0.15, 0.2) is 6.61 Å². The number of ketones is 1. The van der Waals surface area contributed by atoms with E-state index in [-0.39, 0.29) is 28.9 Å². The van der Waals surface area contributed by atoms with Gasteiger partial charge in [0.2, 0.25) is 5.78 Å². The first kappa shape index (κ1) is 25.2. The average Bonchev–Trinajstić information content (AvgIpc) is 2.72. The Kier molecular flexibility index (Phi) is 8.23. The van der Waals surface area contributed by atoms with Gasteiger partial charge in [-0.15, -0.1) is 0 Å². The second-order valence-corrected chi connectivity index (χ2v) is 8.15. The third kappa shape index (κ3) is 5.77. The summed E-state index contributed by atoms with van der Waals surface area (Å²) in [5, 5.41) is 2.75. The molecule has 0 aliphatic heterocycles. The van der Waals surface area contributed by atoms with Crippen LogP contribution < -0.4 is 22.3 Å². The normalized spacial score (nSPS) is 10.8. The number of nitrogens with one attached hydrogen (secondary N) is 1. The summed E-state index contributed by atoms with van der Waals surface area (Å²) in [7, 11) is 1.22. The molecule has 12 heteroatoms. The maximum atomic E-state index is 12.5. The predicted octanol–water partition coefficient (Wildman–Crippen LogP) is 1.25. The lowest BCUT2D eigenvalue weighted by atomic mass is 10.1. The minimum absolute atomic E-state index is 0.0195. The van der Waals surface area contributed by atoms with E-state index in [1.165, 1.54) is 25.2 Å². The molecule has 0 fully saturated rings. The summed E-state index contributed by atoms with van der Waals surface area (Å²) in [5.74, 6) is -2.72. The fraction of sp³-hybridized carbons (Fsp3) is 0.350. The van der Waals surface area contributed by atoms with Gasteiger partial charge < -0.3 is 15.8 Å². The van der Waals surface area contributed by atoms with E-state index in [4.69, 9.17) is 33.7 Å². The van der Waals surface area contributed by atoms with Crippen LogP contribution in [0.1, 0.15) is 34.6 Å². The number of anilines is 1. The van der Waals surface area contributed by atoms with Gasteiger partial charge >= 0.3 is 11.7 Å². The Bertz CT molecular complexity index is 1190. The number of hydrogen-bond acceptors (Lipinski definition) is 7. The van der Waals surface area contributed by atoms with Crippen LogP contribution in [0.3, 0.4) is 0 Å². The first-order valence-electron chi connectivity index (χ1n) is 9.45. The number of esters is 1. The number of halogens is 2. The summed E-state index contributed by atoms with van der Waals surface area (Å²) < 4.78 is 6.74. The molecule has 172 valence electrons. The van der Waals surface area contributed by atoms with Gasteiger partial charge in [0.05, 0.1) is 10.6 Å². The zero-order valence-electron chi connectivity index (χ0n) is 17.6. The summed E-state index contributed by atoms with van der Waals surface area (Å²) in [5.41, 5.74) is 4.02. The molecule has 10 nitrogen and oxygen atoms in total. The van der Waals surface area contributed by atoms with Gasteiger partial charge in [-0.25, -0.2) is 4.79 Å². The molecule has 0 saturated heterocycles. The predicted molar refractivity (Wildman–Crippen MR) is 119 cm³/mol. The number of carbonyl (C=O) groups is 3. The molecule has 0 saturated carbocycles. The van der Waals surface area contributed by atoms with Crippen LogP contribution in [0, 0.1) is 5.92 Å². The van der Waals surface area contributed by atoms with Crippen LogP contribution in [0.25, 0.3) is 0 Å². The standard InChI is InChI=1S/C20H22Cl2N4O6/c1-10(2)8-26-17(23)16(19(30)25(3)20(26)31)14(27)9-32-15(28)7-24-18(29)12-5-4-11(21)6-13(12)22/h4-6,10H,7-9,23H2,1-3H3,(H,24,29). The maximum absolute atomic E-state index is 12.5. The first-order chi connectivity index (χ1) is 14.9. The molecule has 2 rings (SSSR count). The maximum Gasteiger partial charge on any atom is 0.332 e. The van der Waals surface area contributed by atoms with Gasteiger partial charge in [0.25, 0.3) is 11.5 Å². The SMILES string of the molecule is CC(C)Cn1c(N)c(C(=O)COC(=O)CNC(=O)c2ccc(Cl)cc2Cl)c(=O)n(C)c1=O. The zero-order valence-corrected chi connectivity index (χ0v) is 19.1. The molecule has 0 aliphatic carbocycles. The highest BCUT2D eigenvalue weighted by molar-refractivity contribution is 6.36. The van der Waals surface area contributed by atoms with Crippen molar-refractivity contribution in [3.05, 3.63) is 60.2 Å². The number of nitrogen functional groups attached to an aromatic ring is 1. The molecule has 1 aromatic carbocycles.